The SMILES string of the molecule is CCN(CC)S(=O)(=O)c1c(C)nn(Cc2cccc(C(F)(F)F)c2)c1C. The Morgan fingerprint density at radius 3 is 2.31 bits per heavy atom. The van der Waals surface area contributed by atoms with Gasteiger partial charge in [-0.1, -0.05) is 26.0 Å². The second-order valence-corrected chi connectivity index (χ2v) is 7.82. The van der Waals surface area contributed by atoms with Gasteiger partial charge in [-0.25, -0.2) is 8.42 Å². The van der Waals surface area contributed by atoms with E-state index in [9.17, 15) is 21.6 Å². The maximum Gasteiger partial charge on any atom is 0.416 e. The van der Waals surface area contributed by atoms with Gasteiger partial charge in [-0.05, 0) is 31.5 Å². The average Bonchev–Trinajstić information content (AvgIpc) is 2.82. The van der Waals surface area contributed by atoms with Crippen LogP contribution >= 0.6 is 0 Å². The summed E-state index contributed by atoms with van der Waals surface area (Å²) in [5, 5.41) is 4.24. The van der Waals surface area contributed by atoms with Gasteiger partial charge in [-0.2, -0.15) is 22.6 Å². The van der Waals surface area contributed by atoms with Crippen molar-refractivity contribution in [2.24, 2.45) is 0 Å². The molecule has 1 aromatic heterocycles. The van der Waals surface area contributed by atoms with Crippen molar-refractivity contribution in [2.75, 3.05) is 13.1 Å². The van der Waals surface area contributed by atoms with E-state index in [1.807, 2.05) is 0 Å². The van der Waals surface area contributed by atoms with Crippen LogP contribution in [-0.4, -0.2) is 35.6 Å². The van der Waals surface area contributed by atoms with Crippen molar-refractivity contribution in [3.8, 4) is 0 Å². The minimum atomic E-state index is -4.43. The summed E-state index contributed by atoms with van der Waals surface area (Å²) in [4.78, 5) is 0.119. The smallest absolute Gasteiger partial charge is 0.264 e. The Balaban J connectivity index is 2.43. The molecule has 1 aromatic carbocycles. The van der Waals surface area contributed by atoms with Crippen LogP contribution in [0, 0.1) is 13.8 Å². The predicted molar refractivity (Wildman–Crippen MR) is 92.4 cm³/mol. The van der Waals surface area contributed by atoms with E-state index < -0.39 is 21.8 Å². The van der Waals surface area contributed by atoms with Gasteiger partial charge in [0.2, 0.25) is 10.0 Å². The first-order valence-electron chi connectivity index (χ1n) is 8.22. The molecule has 0 N–H and O–H groups in total. The van der Waals surface area contributed by atoms with Crippen LogP contribution in [0.5, 0.6) is 0 Å². The molecular weight excluding hydrogens is 367 g/mol. The number of sulfonamides is 1. The van der Waals surface area contributed by atoms with Gasteiger partial charge < -0.3 is 0 Å². The Bertz CT molecular complexity index is 885. The van der Waals surface area contributed by atoms with Crippen LogP contribution in [0.3, 0.4) is 0 Å². The van der Waals surface area contributed by atoms with E-state index in [4.69, 9.17) is 0 Å². The van der Waals surface area contributed by atoms with E-state index >= 15 is 0 Å². The zero-order valence-electron chi connectivity index (χ0n) is 15.1. The molecule has 2 aromatic rings. The van der Waals surface area contributed by atoms with Gasteiger partial charge in [0.15, 0.2) is 0 Å². The van der Waals surface area contributed by atoms with Crippen LogP contribution in [0.1, 0.15) is 36.4 Å². The summed E-state index contributed by atoms with van der Waals surface area (Å²) in [6.07, 6.45) is -4.43. The second kappa shape index (κ2) is 7.40. The highest BCUT2D eigenvalue weighted by atomic mass is 32.2. The Kier molecular flexibility index (Phi) is 5.82. The lowest BCUT2D eigenvalue weighted by Gasteiger charge is -2.18. The Labute approximate surface area is 151 Å². The van der Waals surface area contributed by atoms with Crippen molar-refractivity contribution in [3.05, 3.63) is 46.8 Å². The van der Waals surface area contributed by atoms with Crippen molar-refractivity contribution in [3.63, 3.8) is 0 Å². The van der Waals surface area contributed by atoms with Crippen molar-refractivity contribution in [2.45, 2.75) is 45.3 Å². The van der Waals surface area contributed by atoms with Crippen LogP contribution in [0.25, 0.3) is 0 Å². The van der Waals surface area contributed by atoms with E-state index in [2.05, 4.69) is 5.10 Å². The predicted octanol–water partition coefficient (Wildman–Crippen LogP) is 3.60. The summed E-state index contributed by atoms with van der Waals surface area (Å²) in [6, 6.07) is 4.94. The summed E-state index contributed by atoms with van der Waals surface area (Å²) in [5.74, 6) is 0. The highest BCUT2D eigenvalue weighted by Crippen LogP contribution is 2.30. The fraction of sp³-hybridized carbons (Fsp3) is 0.471. The number of aromatic nitrogens is 2. The van der Waals surface area contributed by atoms with Crippen molar-refractivity contribution in [1.29, 1.82) is 0 Å². The summed E-state index contributed by atoms with van der Waals surface area (Å²) >= 11 is 0. The first kappa shape index (κ1) is 20.4. The van der Waals surface area contributed by atoms with Gasteiger partial charge >= 0.3 is 6.18 Å². The topological polar surface area (TPSA) is 55.2 Å². The van der Waals surface area contributed by atoms with E-state index in [0.717, 1.165) is 12.1 Å². The molecule has 0 saturated carbocycles. The van der Waals surface area contributed by atoms with Crippen molar-refractivity contribution in [1.82, 2.24) is 14.1 Å². The van der Waals surface area contributed by atoms with Crippen molar-refractivity contribution < 1.29 is 21.6 Å². The molecule has 2 rings (SSSR count). The first-order valence-corrected chi connectivity index (χ1v) is 9.66. The monoisotopic (exact) mass is 389 g/mol. The number of aryl methyl sites for hydroxylation is 1. The van der Waals surface area contributed by atoms with E-state index in [-0.39, 0.29) is 11.4 Å². The molecule has 0 spiro atoms. The lowest BCUT2D eigenvalue weighted by Crippen LogP contribution is -2.31. The minimum absolute atomic E-state index is 0.0599. The largest absolute Gasteiger partial charge is 0.416 e. The number of benzene rings is 1. The van der Waals surface area contributed by atoms with Gasteiger partial charge in [0.25, 0.3) is 0 Å². The minimum Gasteiger partial charge on any atom is -0.264 e. The number of rotatable bonds is 6. The summed E-state index contributed by atoms with van der Waals surface area (Å²) in [5.41, 5.74) is 0.401. The van der Waals surface area contributed by atoms with Gasteiger partial charge in [-0.3, -0.25) is 4.68 Å². The molecule has 9 heteroatoms. The number of hydrogen-bond acceptors (Lipinski definition) is 3. The third kappa shape index (κ3) is 3.93. The number of alkyl halides is 3. The summed E-state index contributed by atoms with van der Waals surface area (Å²) in [7, 11) is -3.70. The van der Waals surface area contributed by atoms with E-state index in [1.54, 1.807) is 33.8 Å². The van der Waals surface area contributed by atoms with Gasteiger partial charge in [0.1, 0.15) is 4.90 Å². The summed E-state index contributed by atoms with van der Waals surface area (Å²) < 4.78 is 67.0. The average molecular weight is 389 g/mol. The fourth-order valence-electron chi connectivity index (χ4n) is 2.92. The van der Waals surface area contributed by atoms with E-state index in [0.29, 0.717) is 30.0 Å². The van der Waals surface area contributed by atoms with E-state index in [1.165, 1.54) is 15.1 Å². The highest BCUT2D eigenvalue weighted by Gasteiger charge is 2.31. The zero-order valence-corrected chi connectivity index (χ0v) is 15.9. The lowest BCUT2D eigenvalue weighted by molar-refractivity contribution is -0.137. The molecule has 144 valence electrons. The van der Waals surface area contributed by atoms with Crippen molar-refractivity contribution >= 4 is 10.0 Å². The molecule has 0 aliphatic rings. The molecule has 0 saturated heterocycles. The molecule has 0 unspecified atom stereocenters. The number of hydrogen-bond donors (Lipinski definition) is 0. The maximum atomic E-state index is 12.9. The highest BCUT2D eigenvalue weighted by molar-refractivity contribution is 7.89. The van der Waals surface area contributed by atoms with Gasteiger partial charge in [0, 0.05) is 13.1 Å². The Morgan fingerprint density at radius 2 is 1.77 bits per heavy atom. The quantitative estimate of drug-likeness (QED) is 0.759. The summed E-state index contributed by atoms with van der Waals surface area (Å²) in [6.45, 7) is 7.42. The molecule has 0 atom stereocenters. The molecule has 26 heavy (non-hydrogen) atoms. The third-order valence-corrected chi connectivity index (χ3v) is 6.51. The van der Waals surface area contributed by atoms with Crippen LogP contribution in [0.4, 0.5) is 13.2 Å². The molecule has 0 bridgehead atoms. The molecule has 0 fully saturated rings. The number of halogens is 3. The third-order valence-electron chi connectivity index (χ3n) is 4.21. The Hall–Kier alpha value is -1.87. The molecule has 1 heterocycles. The van der Waals surface area contributed by atoms with Crippen LogP contribution in [-0.2, 0) is 22.7 Å². The molecule has 0 amide bonds. The van der Waals surface area contributed by atoms with Crippen LogP contribution in [0.15, 0.2) is 29.2 Å². The van der Waals surface area contributed by atoms with Gasteiger partial charge in [0.05, 0.1) is 23.5 Å². The second-order valence-electron chi connectivity index (χ2n) is 5.95. The number of nitrogens with zero attached hydrogens (tertiary/aromatic N) is 3. The molecule has 0 radical (unpaired) electrons. The van der Waals surface area contributed by atoms with Gasteiger partial charge in [-0.15, -0.1) is 0 Å². The van der Waals surface area contributed by atoms with Crippen LogP contribution in [0.2, 0.25) is 0 Å². The van der Waals surface area contributed by atoms with Crippen LogP contribution < -0.4 is 0 Å². The normalized spacial score (nSPS) is 12.8. The maximum absolute atomic E-state index is 12.9. The Morgan fingerprint density at radius 1 is 1.15 bits per heavy atom. The fourth-order valence-corrected chi connectivity index (χ4v) is 4.75. The molecule has 0 aliphatic heterocycles. The lowest BCUT2D eigenvalue weighted by atomic mass is 10.1. The molecule has 0 aliphatic carbocycles. The molecule has 5 nitrogen and oxygen atoms in total. The standard InChI is InChI=1S/C17H22F3N3O2S/c1-5-22(6-2)26(24,25)16-12(3)21-23(13(16)4)11-14-8-7-9-15(10-14)17(18,19)20/h7-10H,5-6,11H2,1-4H3. The molecular formula is C17H22F3N3O2S. The first-order chi connectivity index (χ1) is 12.0. The zero-order chi connectivity index (χ0) is 19.7.